The van der Waals surface area contributed by atoms with Crippen LogP contribution in [0.4, 0.5) is 5.69 Å². The molecule has 3 nitrogen and oxygen atoms in total. The summed E-state index contributed by atoms with van der Waals surface area (Å²) in [6.45, 7) is 0.549. The van der Waals surface area contributed by atoms with Crippen LogP contribution in [0.3, 0.4) is 0 Å². The summed E-state index contributed by atoms with van der Waals surface area (Å²) in [5.41, 5.74) is 3.14. The van der Waals surface area contributed by atoms with Crippen molar-refractivity contribution in [1.82, 2.24) is 0 Å². The molecule has 2 aromatic carbocycles. The van der Waals surface area contributed by atoms with Crippen molar-refractivity contribution in [2.75, 3.05) is 12.4 Å². The van der Waals surface area contributed by atoms with Crippen molar-refractivity contribution in [1.29, 1.82) is 0 Å². The average Bonchev–Trinajstić information content (AvgIpc) is 2.92. The number of hydrogen-bond acceptors (Lipinski definition) is 3. The van der Waals surface area contributed by atoms with Gasteiger partial charge in [-0.05, 0) is 35.7 Å². The first-order valence-corrected chi connectivity index (χ1v) is 7.77. The van der Waals surface area contributed by atoms with E-state index in [0.717, 1.165) is 17.7 Å². The van der Waals surface area contributed by atoms with Crippen molar-refractivity contribution >= 4 is 23.4 Å². The van der Waals surface area contributed by atoms with Gasteiger partial charge in [-0.1, -0.05) is 30.3 Å². The first-order chi connectivity index (χ1) is 10.3. The van der Waals surface area contributed by atoms with E-state index >= 15 is 0 Å². The molecule has 0 aromatic heterocycles. The summed E-state index contributed by atoms with van der Waals surface area (Å²) in [6.07, 6.45) is 0.796. The fourth-order valence-corrected chi connectivity index (χ4v) is 3.65. The van der Waals surface area contributed by atoms with E-state index in [1.165, 1.54) is 10.5 Å². The van der Waals surface area contributed by atoms with Crippen molar-refractivity contribution in [3.63, 3.8) is 0 Å². The summed E-state index contributed by atoms with van der Waals surface area (Å²) in [7, 11) is 1.66. The smallest absolute Gasteiger partial charge is 0.238 e. The SMILES string of the molecule is COCc1cccc(NC(=O)C2Cc3ccccc3S2)c1. The number of anilines is 1. The Hall–Kier alpha value is -1.78. The molecule has 21 heavy (non-hydrogen) atoms. The number of hydrogen-bond donors (Lipinski definition) is 1. The highest BCUT2D eigenvalue weighted by Crippen LogP contribution is 2.37. The minimum Gasteiger partial charge on any atom is -0.380 e. The Labute approximate surface area is 128 Å². The van der Waals surface area contributed by atoms with E-state index < -0.39 is 0 Å². The molecule has 1 aliphatic rings. The van der Waals surface area contributed by atoms with Crippen LogP contribution in [0.2, 0.25) is 0 Å². The number of benzene rings is 2. The van der Waals surface area contributed by atoms with Gasteiger partial charge in [0.1, 0.15) is 0 Å². The number of rotatable bonds is 4. The van der Waals surface area contributed by atoms with Crippen LogP contribution in [0.25, 0.3) is 0 Å². The maximum Gasteiger partial charge on any atom is 0.238 e. The maximum atomic E-state index is 12.4. The highest BCUT2D eigenvalue weighted by atomic mass is 32.2. The predicted octanol–water partition coefficient (Wildman–Crippen LogP) is 3.49. The zero-order valence-corrected chi connectivity index (χ0v) is 12.7. The van der Waals surface area contributed by atoms with Gasteiger partial charge in [0, 0.05) is 17.7 Å². The third kappa shape index (κ3) is 3.28. The second-order valence-electron chi connectivity index (χ2n) is 5.04. The molecule has 4 heteroatoms. The molecule has 0 bridgehead atoms. The van der Waals surface area contributed by atoms with Gasteiger partial charge in [0.15, 0.2) is 0 Å². The van der Waals surface area contributed by atoms with Gasteiger partial charge in [0.25, 0.3) is 0 Å². The molecule has 108 valence electrons. The summed E-state index contributed by atoms with van der Waals surface area (Å²) >= 11 is 1.64. The molecule has 1 atom stereocenters. The Balaban J connectivity index is 1.66. The first kappa shape index (κ1) is 14.2. The molecule has 0 radical (unpaired) electrons. The van der Waals surface area contributed by atoms with Gasteiger partial charge in [-0.2, -0.15) is 0 Å². The van der Waals surface area contributed by atoms with Crippen molar-refractivity contribution in [3.8, 4) is 0 Å². The van der Waals surface area contributed by atoms with Crippen LogP contribution >= 0.6 is 11.8 Å². The van der Waals surface area contributed by atoms with Crippen LogP contribution in [0.5, 0.6) is 0 Å². The van der Waals surface area contributed by atoms with Crippen LogP contribution in [-0.2, 0) is 22.6 Å². The summed E-state index contributed by atoms with van der Waals surface area (Å²) in [6, 6.07) is 16.0. The van der Waals surface area contributed by atoms with Crippen molar-refractivity contribution < 1.29 is 9.53 Å². The topological polar surface area (TPSA) is 38.3 Å². The maximum absolute atomic E-state index is 12.4. The highest BCUT2D eigenvalue weighted by Gasteiger charge is 2.27. The molecule has 1 heterocycles. The van der Waals surface area contributed by atoms with E-state index in [1.54, 1.807) is 18.9 Å². The predicted molar refractivity (Wildman–Crippen MR) is 85.6 cm³/mol. The monoisotopic (exact) mass is 299 g/mol. The number of carbonyl (C=O) groups excluding carboxylic acids is 1. The molecule has 1 aliphatic heterocycles. The number of fused-ring (bicyclic) bond motifs is 1. The molecule has 2 aromatic rings. The average molecular weight is 299 g/mol. The molecule has 1 unspecified atom stereocenters. The summed E-state index contributed by atoms with van der Waals surface area (Å²) in [4.78, 5) is 13.6. The molecule has 0 saturated carbocycles. The zero-order valence-electron chi connectivity index (χ0n) is 11.8. The number of ether oxygens (including phenoxy) is 1. The first-order valence-electron chi connectivity index (χ1n) is 6.89. The van der Waals surface area contributed by atoms with E-state index in [1.807, 2.05) is 36.4 Å². The Morgan fingerprint density at radius 3 is 2.95 bits per heavy atom. The number of nitrogens with one attached hydrogen (secondary N) is 1. The van der Waals surface area contributed by atoms with Crippen LogP contribution in [-0.4, -0.2) is 18.3 Å². The number of methoxy groups -OCH3 is 1. The normalized spacial score (nSPS) is 16.5. The molecule has 0 spiro atoms. The molecule has 3 rings (SSSR count). The highest BCUT2D eigenvalue weighted by molar-refractivity contribution is 8.01. The molecule has 1 amide bonds. The fourth-order valence-electron chi connectivity index (χ4n) is 2.46. The van der Waals surface area contributed by atoms with E-state index in [2.05, 4.69) is 17.4 Å². The summed E-state index contributed by atoms with van der Waals surface area (Å²) < 4.78 is 5.11. The van der Waals surface area contributed by atoms with Gasteiger partial charge >= 0.3 is 0 Å². The number of thioether (sulfide) groups is 1. The Bertz CT molecular complexity index is 632. The lowest BCUT2D eigenvalue weighted by Gasteiger charge is -2.11. The van der Waals surface area contributed by atoms with Crippen LogP contribution in [0, 0.1) is 0 Å². The van der Waals surface area contributed by atoms with Gasteiger partial charge in [-0.25, -0.2) is 0 Å². The lowest BCUT2D eigenvalue weighted by molar-refractivity contribution is -0.115. The van der Waals surface area contributed by atoms with Crippen molar-refractivity contribution in [2.24, 2.45) is 0 Å². The summed E-state index contributed by atoms with van der Waals surface area (Å²) in [5, 5.41) is 2.95. The second-order valence-corrected chi connectivity index (χ2v) is 6.29. The van der Waals surface area contributed by atoms with E-state index in [9.17, 15) is 4.79 Å². The van der Waals surface area contributed by atoms with Gasteiger partial charge in [0.05, 0.1) is 11.9 Å². The molecular weight excluding hydrogens is 282 g/mol. The zero-order chi connectivity index (χ0) is 14.7. The lowest BCUT2D eigenvalue weighted by atomic mass is 10.1. The number of amides is 1. The molecule has 1 N–H and O–H groups in total. The Kier molecular flexibility index (Phi) is 4.27. The van der Waals surface area contributed by atoms with Crippen molar-refractivity contribution in [2.45, 2.75) is 23.2 Å². The Morgan fingerprint density at radius 1 is 1.29 bits per heavy atom. The minimum absolute atomic E-state index is 0.0477. The largest absolute Gasteiger partial charge is 0.380 e. The third-order valence-corrected chi connectivity index (χ3v) is 4.76. The lowest BCUT2D eigenvalue weighted by Crippen LogP contribution is -2.24. The van der Waals surface area contributed by atoms with E-state index in [-0.39, 0.29) is 11.2 Å². The quantitative estimate of drug-likeness (QED) is 0.939. The van der Waals surface area contributed by atoms with Gasteiger partial charge in [0.2, 0.25) is 5.91 Å². The van der Waals surface area contributed by atoms with Crippen molar-refractivity contribution in [3.05, 3.63) is 59.7 Å². The minimum atomic E-state index is -0.0477. The van der Waals surface area contributed by atoms with E-state index in [0.29, 0.717) is 6.61 Å². The van der Waals surface area contributed by atoms with Gasteiger partial charge in [-0.15, -0.1) is 11.8 Å². The van der Waals surface area contributed by atoms with Gasteiger partial charge in [-0.3, -0.25) is 4.79 Å². The molecule has 0 fully saturated rings. The standard InChI is InChI=1S/C17H17NO2S/c1-20-11-12-5-4-7-14(9-12)18-17(19)16-10-13-6-2-3-8-15(13)21-16/h2-9,16H,10-11H2,1H3,(H,18,19). The molecular formula is C17H17NO2S. The van der Waals surface area contributed by atoms with E-state index in [4.69, 9.17) is 4.74 Å². The second kappa shape index (κ2) is 6.33. The third-order valence-electron chi connectivity index (χ3n) is 3.45. The van der Waals surface area contributed by atoms with Crippen LogP contribution in [0.15, 0.2) is 53.4 Å². The molecule has 0 saturated heterocycles. The van der Waals surface area contributed by atoms with Gasteiger partial charge < -0.3 is 10.1 Å². The molecule has 0 aliphatic carbocycles. The number of carbonyl (C=O) groups is 1. The van der Waals surface area contributed by atoms with Crippen LogP contribution < -0.4 is 5.32 Å². The van der Waals surface area contributed by atoms with Crippen LogP contribution in [0.1, 0.15) is 11.1 Å². The Morgan fingerprint density at radius 2 is 2.14 bits per heavy atom. The summed E-state index contributed by atoms with van der Waals surface area (Å²) in [5.74, 6) is 0.0609. The fraction of sp³-hybridized carbons (Fsp3) is 0.235.